The summed E-state index contributed by atoms with van der Waals surface area (Å²) in [6, 6.07) is 23.9. The van der Waals surface area contributed by atoms with Gasteiger partial charge in [-0.25, -0.2) is 0 Å². The maximum Gasteiger partial charge on any atom is 0.251 e. The number of aromatic nitrogens is 1. The number of hydrogen-bond donors (Lipinski definition) is 3. The second-order valence-electron chi connectivity index (χ2n) is 9.41. The molecule has 0 saturated carbocycles. The van der Waals surface area contributed by atoms with Crippen molar-refractivity contribution >= 4 is 22.9 Å². The molecule has 0 spiro atoms. The molecular weight excluding hydrogens is 446 g/mol. The van der Waals surface area contributed by atoms with Crippen molar-refractivity contribution in [3.05, 3.63) is 107 Å². The number of benzene rings is 3. The minimum atomic E-state index is -0.0226. The highest BCUT2D eigenvalue weighted by Crippen LogP contribution is 2.38. The number of carbonyl (C=O) groups excluding carboxylic acids is 1. The van der Waals surface area contributed by atoms with E-state index in [0.717, 1.165) is 59.9 Å². The lowest BCUT2D eigenvalue weighted by Crippen LogP contribution is -2.35. The van der Waals surface area contributed by atoms with E-state index >= 15 is 0 Å². The van der Waals surface area contributed by atoms with Crippen LogP contribution in [0.1, 0.15) is 58.5 Å². The standard InChI is InChI=1S/C31H33N3O2/c1-2-29-30-26(27-20-24(35)15-16-28(27)33-30)17-19-34(29)21-23-13-6-7-14-25(23)31(36)32-18-9-8-12-22-10-4-3-5-11-22/h3-8,10-16,20,29,33,35H,2,9,17-19,21H2,1H3,(H,32,36)/b12-8+. The number of nitrogens with zero attached hydrogens (tertiary/aromatic N) is 1. The van der Waals surface area contributed by atoms with Crippen LogP contribution in [0.4, 0.5) is 0 Å². The molecule has 1 aromatic heterocycles. The number of nitrogens with one attached hydrogen (secondary N) is 2. The van der Waals surface area contributed by atoms with E-state index in [1.54, 1.807) is 6.07 Å². The molecule has 3 aromatic carbocycles. The quantitative estimate of drug-likeness (QED) is 0.263. The van der Waals surface area contributed by atoms with Crippen molar-refractivity contribution < 1.29 is 9.90 Å². The average molecular weight is 480 g/mol. The topological polar surface area (TPSA) is 68.4 Å². The van der Waals surface area contributed by atoms with Crippen LogP contribution in [0.15, 0.2) is 78.9 Å². The van der Waals surface area contributed by atoms with Gasteiger partial charge in [0, 0.05) is 41.8 Å². The fraction of sp³-hybridized carbons (Fsp3) is 0.258. The molecule has 184 valence electrons. The van der Waals surface area contributed by atoms with Crippen LogP contribution in [0.25, 0.3) is 17.0 Å². The van der Waals surface area contributed by atoms with Crippen molar-refractivity contribution in [3.8, 4) is 5.75 Å². The van der Waals surface area contributed by atoms with Crippen LogP contribution in [0.5, 0.6) is 5.75 Å². The van der Waals surface area contributed by atoms with Crippen LogP contribution >= 0.6 is 0 Å². The number of phenolic OH excluding ortho intramolecular Hbond substituents is 1. The molecule has 0 radical (unpaired) electrons. The molecule has 3 N–H and O–H groups in total. The van der Waals surface area contributed by atoms with Gasteiger partial charge in [-0.1, -0.05) is 67.6 Å². The first kappa shape index (κ1) is 23.9. The minimum Gasteiger partial charge on any atom is -0.508 e. The van der Waals surface area contributed by atoms with Gasteiger partial charge in [-0.15, -0.1) is 0 Å². The number of amides is 1. The molecule has 2 heterocycles. The van der Waals surface area contributed by atoms with E-state index in [4.69, 9.17) is 0 Å². The van der Waals surface area contributed by atoms with Crippen molar-refractivity contribution in [2.75, 3.05) is 13.1 Å². The fourth-order valence-corrected chi connectivity index (χ4v) is 5.30. The summed E-state index contributed by atoms with van der Waals surface area (Å²) in [5.41, 5.74) is 6.56. The molecule has 4 aromatic rings. The van der Waals surface area contributed by atoms with Gasteiger partial charge in [-0.2, -0.15) is 0 Å². The normalized spacial score (nSPS) is 15.9. The number of carbonyl (C=O) groups is 1. The zero-order chi connectivity index (χ0) is 24.9. The zero-order valence-corrected chi connectivity index (χ0v) is 20.7. The van der Waals surface area contributed by atoms with Crippen LogP contribution in [-0.2, 0) is 13.0 Å². The number of aromatic amines is 1. The van der Waals surface area contributed by atoms with Crippen LogP contribution in [0.2, 0.25) is 0 Å². The van der Waals surface area contributed by atoms with Gasteiger partial charge in [-0.05, 0) is 60.2 Å². The van der Waals surface area contributed by atoms with E-state index in [1.807, 2.05) is 48.5 Å². The summed E-state index contributed by atoms with van der Waals surface area (Å²) in [6.45, 7) is 4.44. The maximum atomic E-state index is 13.1. The Morgan fingerprint density at radius 1 is 1.11 bits per heavy atom. The molecule has 0 aliphatic carbocycles. The van der Waals surface area contributed by atoms with E-state index in [-0.39, 0.29) is 11.9 Å². The molecule has 5 rings (SSSR count). The zero-order valence-electron chi connectivity index (χ0n) is 20.7. The Kier molecular flexibility index (Phi) is 7.19. The molecule has 1 aliphatic heterocycles. The maximum absolute atomic E-state index is 13.1. The number of hydrogen-bond acceptors (Lipinski definition) is 3. The predicted octanol–water partition coefficient (Wildman–Crippen LogP) is 6.22. The van der Waals surface area contributed by atoms with Crippen LogP contribution < -0.4 is 5.32 Å². The first-order chi connectivity index (χ1) is 17.6. The number of rotatable bonds is 8. The molecule has 0 bridgehead atoms. The molecule has 5 heteroatoms. The second-order valence-corrected chi connectivity index (χ2v) is 9.41. The smallest absolute Gasteiger partial charge is 0.251 e. The summed E-state index contributed by atoms with van der Waals surface area (Å²) < 4.78 is 0. The van der Waals surface area contributed by atoms with Gasteiger partial charge in [0.15, 0.2) is 0 Å². The number of phenols is 1. The van der Waals surface area contributed by atoms with Gasteiger partial charge in [0.05, 0.1) is 6.04 Å². The third-order valence-corrected chi connectivity index (χ3v) is 7.07. The minimum absolute atomic E-state index is 0.0226. The fourth-order valence-electron chi connectivity index (χ4n) is 5.30. The molecule has 0 fully saturated rings. The van der Waals surface area contributed by atoms with Crippen molar-refractivity contribution in [3.63, 3.8) is 0 Å². The van der Waals surface area contributed by atoms with Gasteiger partial charge in [-0.3, -0.25) is 9.69 Å². The van der Waals surface area contributed by atoms with Gasteiger partial charge < -0.3 is 15.4 Å². The van der Waals surface area contributed by atoms with Gasteiger partial charge in [0.2, 0.25) is 0 Å². The van der Waals surface area contributed by atoms with Gasteiger partial charge >= 0.3 is 0 Å². The lowest BCUT2D eigenvalue weighted by molar-refractivity contribution is 0.0950. The lowest BCUT2D eigenvalue weighted by Gasteiger charge is -2.35. The van der Waals surface area contributed by atoms with Gasteiger partial charge in [0.1, 0.15) is 5.75 Å². The number of H-pyrrole nitrogens is 1. The number of aromatic hydroxyl groups is 1. The van der Waals surface area contributed by atoms with Crippen molar-refractivity contribution in [1.29, 1.82) is 0 Å². The van der Waals surface area contributed by atoms with E-state index in [9.17, 15) is 9.90 Å². The molecule has 1 aliphatic rings. The third-order valence-electron chi connectivity index (χ3n) is 7.07. The highest BCUT2D eigenvalue weighted by molar-refractivity contribution is 5.95. The number of fused-ring (bicyclic) bond motifs is 3. The van der Waals surface area contributed by atoms with Gasteiger partial charge in [0.25, 0.3) is 5.91 Å². The highest BCUT2D eigenvalue weighted by atomic mass is 16.3. The van der Waals surface area contributed by atoms with Crippen LogP contribution in [0, 0.1) is 0 Å². The summed E-state index contributed by atoms with van der Waals surface area (Å²) in [7, 11) is 0. The second kappa shape index (κ2) is 10.8. The summed E-state index contributed by atoms with van der Waals surface area (Å²) in [6.07, 6.45) is 6.84. The Balaban J connectivity index is 1.26. The predicted molar refractivity (Wildman–Crippen MR) is 146 cm³/mol. The Hall–Kier alpha value is -3.83. The molecule has 1 unspecified atom stereocenters. The molecule has 5 nitrogen and oxygen atoms in total. The molecule has 1 atom stereocenters. The molecule has 36 heavy (non-hydrogen) atoms. The average Bonchev–Trinajstić information content (AvgIpc) is 3.27. The van der Waals surface area contributed by atoms with E-state index in [2.05, 4.69) is 52.5 Å². The van der Waals surface area contributed by atoms with Crippen LogP contribution in [-0.4, -0.2) is 34.0 Å². The van der Waals surface area contributed by atoms with Crippen molar-refractivity contribution in [2.24, 2.45) is 0 Å². The SMILES string of the molecule is CCC1c2[nH]c3ccc(O)cc3c2CCN1Cc1ccccc1C(=O)NCC/C=C/c1ccccc1. The molecule has 1 amide bonds. The van der Waals surface area contributed by atoms with Crippen molar-refractivity contribution in [1.82, 2.24) is 15.2 Å². The van der Waals surface area contributed by atoms with Crippen molar-refractivity contribution in [2.45, 2.75) is 38.8 Å². The monoisotopic (exact) mass is 479 g/mol. The van der Waals surface area contributed by atoms with E-state index < -0.39 is 0 Å². The first-order valence-electron chi connectivity index (χ1n) is 12.8. The van der Waals surface area contributed by atoms with E-state index in [0.29, 0.717) is 12.3 Å². The third kappa shape index (κ3) is 5.07. The Morgan fingerprint density at radius 3 is 2.75 bits per heavy atom. The molecule has 0 saturated heterocycles. The molecular formula is C31H33N3O2. The Labute approximate surface area is 212 Å². The summed E-state index contributed by atoms with van der Waals surface area (Å²) in [4.78, 5) is 19.1. The Morgan fingerprint density at radius 2 is 1.92 bits per heavy atom. The van der Waals surface area contributed by atoms with E-state index in [1.165, 1.54) is 11.3 Å². The first-order valence-corrected chi connectivity index (χ1v) is 12.8. The summed E-state index contributed by atoms with van der Waals surface area (Å²) in [5, 5.41) is 14.2. The lowest BCUT2D eigenvalue weighted by atomic mass is 9.94. The summed E-state index contributed by atoms with van der Waals surface area (Å²) in [5.74, 6) is 0.279. The van der Waals surface area contributed by atoms with Crippen LogP contribution in [0.3, 0.4) is 0 Å². The highest BCUT2D eigenvalue weighted by Gasteiger charge is 2.30. The Bertz CT molecular complexity index is 1370. The summed E-state index contributed by atoms with van der Waals surface area (Å²) >= 11 is 0. The largest absolute Gasteiger partial charge is 0.508 e.